The van der Waals surface area contributed by atoms with Crippen LogP contribution in [0, 0.1) is 5.92 Å². The average Bonchev–Trinajstić information content (AvgIpc) is 3.14. The Morgan fingerprint density at radius 3 is 2.69 bits per heavy atom. The lowest BCUT2D eigenvalue weighted by molar-refractivity contribution is -0.185. The highest BCUT2D eigenvalue weighted by Crippen LogP contribution is 2.63. The van der Waals surface area contributed by atoms with Gasteiger partial charge in [-0.15, -0.1) is 0 Å². The Labute approximate surface area is 208 Å². The number of rotatable bonds is 6. The number of benzene rings is 2. The molecular formula is C28H36N2O4S. The highest BCUT2D eigenvalue weighted by molar-refractivity contribution is 7.88. The van der Waals surface area contributed by atoms with Crippen LogP contribution in [0.3, 0.4) is 0 Å². The molecule has 2 aliphatic carbocycles. The molecule has 188 valence electrons. The van der Waals surface area contributed by atoms with Gasteiger partial charge in [-0.3, -0.25) is 0 Å². The largest absolute Gasteiger partial charge is 0.487 e. The first-order valence-electron chi connectivity index (χ1n) is 12.9. The van der Waals surface area contributed by atoms with Crippen molar-refractivity contribution in [2.24, 2.45) is 5.92 Å². The van der Waals surface area contributed by atoms with Crippen molar-refractivity contribution in [3.8, 4) is 5.75 Å². The summed E-state index contributed by atoms with van der Waals surface area (Å²) in [5.74, 6) is 1.23. The topological polar surface area (TPSA) is 78.9 Å². The zero-order valence-corrected chi connectivity index (χ0v) is 21.6. The first-order chi connectivity index (χ1) is 16.6. The third kappa shape index (κ3) is 3.42. The number of likely N-dealkylation sites (tertiary alicyclic amines) is 1. The van der Waals surface area contributed by atoms with E-state index in [0.717, 1.165) is 48.2 Å². The molecule has 0 unspecified atom stereocenters. The number of nitrogens with one attached hydrogen (secondary N) is 1. The number of piperidine rings is 1. The van der Waals surface area contributed by atoms with E-state index in [-0.39, 0.29) is 17.8 Å². The van der Waals surface area contributed by atoms with Crippen molar-refractivity contribution >= 4 is 10.0 Å². The van der Waals surface area contributed by atoms with E-state index in [2.05, 4.69) is 36.6 Å². The number of nitrogens with zero attached hydrogens (tertiary/aromatic N) is 1. The van der Waals surface area contributed by atoms with Crippen LogP contribution in [-0.2, 0) is 34.0 Å². The SMILES string of the molecule is CC(C)Cc1ccccc1CS(=O)(=O)N[C@@H]1CC[C@@]2(O)[C@H]3Cc4cccc5c4[C@@]2(CCN3C)[C@H]1O5. The maximum absolute atomic E-state index is 13.5. The molecule has 2 aromatic rings. The van der Waals surface area contributed by atoms with E-state index >= 15 is 0 Å². The molecule has 7 heteroatoms. The molecule has 2 fully saturated rings. The minimum Gasteiger partial charge on any atom is -0.487 e. The van der Waals surface area contributed by atoms with Gasteiger partial charge < -0.3 is 14.7 Å². The maximum Gasteiger partial charge on any atom is 0.216 e. The molecule has 2 bridgehead atoms. The van der Waals surface area contributed by atoms with Gasteiger partial charge in [0.15, 0.2) is 0 Å². The van der Waals surface area contributed by atoms with E-state index in [4.69, 9.17) is 4.74 Å². The van der Waals surface area contributed by atoms with Crippen molar-refractivity contribution < 1.29 is 18.3 Å². The van der Waals surface area contributed by atoms with Crippen LogP contribution in [0.2, 0.25) is 0 Å². The average molecular weight is 497 g/mol. The number of sulfonamides is 1. The highest BCUT2D eigenvalue weighted by Gasteiger charge is 2.72. The maximum atomic E-state index is 13.5. The summed E-state index contributed by atoms with van der Waals surface area (Å²) in [6, 6.07) is 13.6. The van der Waals surface area contributed by atoms with Crippen molar-refractivity contribution in [3.05, 3.63) is 64.7 Å². The summed E-state index contributed by atoms with van der Waals surface area (Å²) in [6.07, 6.45) is 3.13. The van der Waals surface area contributed by atoms with Gasteiger partial charge in [0.1, 0.15) is 11.9 Å². The summed E-state index contributed by atoms with van der Waals surface area (Å²) < 4.78 is 36.6. The molecular weight excluding hydrogens is 460 g/mol. The lowest BCUT2D eigenvalue weighted by Gasteiger charge is -2.63. The standard InChI is InChI=1S/C28H36N2O4S/c1-18(2)15-19-7-4-5-8-21(19)17-35(32,33)29-22-11-12-28(31)24-16-20-9-6-10-23-25(20)27(28,26(22)34-23)13-14-30(24)3/h4-10,18,22,24,26,29,31H,11-17H2,1-3H3/t22-,24-,26+,27+,28-/m1/s1. The second-order valence-electron chi connectivity index (χ2n) is 11.6. The van der Waals surface area contributed by atoms with Gasteiger partial charge in [0.25, 0.3) is 0 Å². The third-order valence-electron chi connectivity index (χ3n) is 9.05. The normalized spacial score (nSPS) is 33.5. The Hall–Kier alpha value is -1.93. The first-order valence-corrected chi connectivity index (χ1v) is 14.6. The Kier molecular flexibility index (Phi) is 5.39. The summed E-state index contributed by atoms with van der Waals surface area (Å²) in [4.78, 5) is 2.28. The van der Waals surface area contributed by atoms with E-state index in [1.54, 1.807) is 0 Å². The van der Waals surface area contributed by atoms with Crippen LogP contribution in [0.25, 0.3) is 0 Å². The molecule has 2 aromatic carbocycles. The fourth-order valence-corrected chi connectivity index (χ4v) is 9.14. The molecule has 1 saturated heterocycles. The van der Waals surface area contributed by atoms with Crippen LogP contribution < -0.4 is 9.46 Å². The Morgan fingerprint density at radius 1 is 1.14 bits per heavy atom. The molecule has 4 aliphatic rings. The number of aliphatic hydroxyl groups is 1. The van der Waals surface area contributed by atoms with Crippen molar-refractivity contribution in [1.29, 1.82) is 0 Å². The smallest absolute Gasteiger partial charge is 0.216 e. The minimum atomic E-state index is -3.61. The molecule has 35 heavy (non-hydrogen) atoms. The van der Waals surface area contributed by atoms with Crippen LogP contribution >= 0.6 is 0 Å². The molecule has 0 radical (unpaired) electrons. The van der Waals surface area contributed by atoms with Crippen LogP contribution in [0.5, 0.6) is 5.75 Å². The van der Waals surface area contributed by atoms with Crippen LogP contribution in [-0.4, -0.2) is 55.8 Å². The predicted molar refractivity (Wildman–Crippen MR) is 136 cm³/mol. The molecule has 6 rings (SSSR count). The number of ether oxygens (including phenoxy) is 1. The van der Waals surface area contributed by atoms with Crippen molar-refractivity contribution in [2.45, 2.75) is 80.9 Å². The Morgan fingerprint density at radius 2 is 1.91 bits per heavy atom. The zero-order valence-electron chi connectivity index (χ0n) is 20.8. The van der Waals surface area contributed by atoms with Gasteiger partial charge in [0.2, 0.25) is 10.0 Å². The van der Waals surface area contributed by atoms with Gasteiger partial charge in [0, 0.05) is 11.6 Å². The van der Waals surface area contributed by atoms with E-state index < -0.39 is 27.1 Å². The van der Waals surface area contributed by atoms with Gasteiger partial charge in [-0.05, 0) is 74.4 Å². The first kappa shape index (κ1) is 23.5. The molecule has 6 nitrogen and oxygen atoms in total. The van der Waals surface area contributed by atoms with E-state index in [9.17, 15) is 13.5 Å². The van der Waals surface area contributed by atoms with E-state index in [1.807, 2.05) is 36.4 Å². The van der Waals surface area contributed by atoms with E-state index in [0.29, 0.717) is 18.8 Å². The predicted octanol–water partition coefficient (Wildman–Crippen LogP) is 3.16. The third-order valence-corrected chi connectivity index (χ3v) is 10.4. The monoisotopic (exact) mass is 496 g/mol. The lowest BCUT2D eigenvalue weighted by Crippen LogP contribution is -2.77. The molecule has 1 spiro atoms. The summed E-state index contributed by atoms with van der Waals surface area (Å²) in [5, 5.41) is 12.3. The van der Waals surface area contributed by atoms with Crippen LogP contribution in [0.15, 0.2) is 42.5 Å². The Bertz CT molecular complexity index is 1260. The zero-order chi connectivity index (χ0) is 24.6. The molecule has 0 amide bonds. The van der Waals surface area contributed by atoms with Gasteiger partial charge in [0.05, 0.1) is 22.8 Å². The summed E-state index contributed by atoms with van der Waals surface area (Å²) in [7, 11) is -1.52. The van der Waals surface area contributed by atoms with Crippen molar-refractivity contribution in [2.75, 3.05) is 13.6 Å². The molecule has 5 atom stereocenters. The second kappa shape index (κ2) is 8.04. The highest BCUT2D eigenvalue weighted by atomic mass is 32.2. The minimum absolute atomic E-state index is 0.0173. The fourth-order valence-electron chi connectivity index (χ4n) is 7.66. The van der Waals surface area contributed by atoms with Gasteiger partial charge in [-0.25, -0.2) is 13.1 Å². The van der Waals surface area contributed by atoms with Crippen LogP contribution in [0.4, 0.5) is 0 Å². The summed E-state index contributed by atoms with van der Waals surface area (Å²) in [6.45, 7) is 5.16. The molecule has 2 aliphatic heterocycles. The lowest BCUT2D eigenvalue weighted by atomic mass is 9.48. The van der Waals surface area contributed by atoms with Crippen LogP contribution in [0.1, 0.15) is 55.4 Å². The molecule has 2 N–H and O–H groups in total. The quantitative estimate of drug-likeness (QED) is 0.642. The number of hydrogen-bond acceptors (Lipinski definition) is 5. The summed E-state index contributed by atoms with van der Waals surface area (Å²) >= 11 is 0. The van der Waals surface area contributed by atoms with Crippen molar-refractivity contribution in [1.82, 2.24) is 9.62 Å². The molecule has 0 aromatic heterocycles. The molecule has 2 heterocycles. The Balaban J connectivity index is 1.33. The van der Waals surface area contributed by atoms with Gasteiger partial charge in [-0.2, -0.15) is 0 Å². The van der Waals surface area contributed by atoms with Gasteiger partial charge in [-0.1, -0.05) is 50.2 Å². The fraction of sp³-hybridized carbons (Fsp3) is 0.571. The molecule has 1 saturated carbocycles. The van der Waals surface area contributed by atoms with E-state index in [1.165, 1.54) is 5.56 Å². The summed E-state index contributed by atoms with van der Waals surface area (Å²) in [5.41, 5.74) is 2.81. The number of hydrogen-bond donors (Lipinski definition) is 2. The van der Waals surface area contributed by atoms with Gasteiger partial charge >= 0.3 is 0 Å². The number of likely N-dealkylation sites (N-methyl/N-ethyl adjacent to an activating group) is 1. The second-order valence-corrected chi connectivity index (χ2v) is 13.3. The van der Waals surface area contributed by atoms with Crippen molar-refractivity contribution in [3.63, 3.8) is 0 Å².